The molecule has 8 nitrogen and oxygen atoms in total. The molecule has 27 heavy (non-hydrogen) atoms. The van der Waals surface area contributed by atoms with E-state index >= 15 is 0 Å². The fourth-order valence-corrected chi connectivity index (χ4v) is 3.93. The Morgan fingerprint density at radius 3 is 2.37 bits per heavy atom. The maximum absolute atomic E-state index is 11.9. The van der Waals surface area contributed by atoms with Crippen LogP contribution >= 0.6 is 0 Å². The van der Waals surface area contributed by atoms with Crippen molar-refractivity contribution in [2.24, 2.45) is 0 Å². The molecule has 0 bridgehead atoms. The normalized spacial score (nSPS) is 19.0. The molecular weight excluding hydrogens is 372 g/mol. The van der Waals surface area contributed by atoms with Crippen molar-refractivity contribution >= 4 is 28.5 Å². The van der Waals surface area contributed by atoms with Gasteiger partial charge in [0, 0.05) is 0 Å². The summed E-state index contributed by atoms with van der Waals surface area (Å²) in [7, 11) is -3.10. The molecule has 0 aromatic heterocycles. The summed E-state index contributed by atoms with van der Waals surface area (Å²) in [5.74, 6) is -3.32. The number of hydrazine groups is 1. The Morgan fingerprint density at radius 1 is 1.15 bits per heavy atom. The Balaban J connectivity index is 2.30. The predicted molar refractivity (Wildman–Crippen MR) is 98.2 cm³/mol. The van der Waals surface area contributed by atoms with Crippen LogP contribution < -0.4 is 9.84 Å². The van der Waals surface area contributed by atoms with E-state index in [2.05, 4.69) is 4.83 Å². The Morgan fingerprint density at radius 2 is 1.81 bits per heavy atom. The molecule has 0 fully saturated rings. The topological polar surface area (TPSA) is 124 Å². The van der Waals surface area contributed by atoms with E-state index < -0.39 is 34.8 Å². The number of aliphatic carboxylic acids is 1. The number of aryl methyl sites for hydroxylation is 1. The summed E-state index contributed by atoms with van der Waals surface area (Å²) in [6.45, 7) is 1.67. The molecule has 2 aromatic rings. The summed E-state index contributed by atoms with van der Waals surface area (Å²) in [6.07, 6.45) is 0.0883. The van der Waals surface area contributed by atoms with E-state index in [-0.39, 0.29) is 23.2 Å². The first-order valence-corrected chi connectivity index (χ1v) is 9.33. The minimum absolute atomic E-state index is 0.0554. The van der Waals surface area contributed by atoms with Crippen molar-refractivity contribution in [2.75, 3.05) is 5.01 Å². The first-order chi connectivity index (χ1) is 12.8. The summed E-state index contributed by atoms with van der Waals surface area (Å²) in [4.78, 5) is 26.0. The van der Waals surface area contributed by atoms with Crippen molar-refractivity contribution in [1.29, 1.82) is 0 Å². The standard InChI is InChI=1S/C18H18N2O6S/c1-10-7-12-13(17(21)22)9-15(11-5-3-2-4-6-11)20(19-27(25)26)16(12)14(8-10)18(23)24/h2-8,13,15,27H,9H2,1H3,(H,21,22)(H,23,24)(H,19,25,26). The largest absolute Gasteiger partial charge is 0.481 e. The number of carbonyl (C=O) groups is 2. The van der Waals surface area contributed by atoms with Gasteiger partial charge in [0.2, 0.25) is 10.9 Å². The van der Waals surface area contributed by atoms with Gasteiger partial charge < -0.3 is 10.2 Å². The Labute approximate surface area is 157 Å². The van der Waals surface area contributed by atoms with Crippen molar-refractivity contribution < 1.29 is 28.2 Å². The molecule has 2 atom stereocenters. The van der Waals surface area contributed by atoms with Crippen LogP contribution in [0.15, 0.2) is 42.5 Å². The minimum Gasteiger partial charge on any atom is -0.481 e. The molecule has 3 rings (SSSR count). The fourth-order valence-electron chi connectivity index (χ4n) is 3.52. The van der Waals surface area contributed by atoms with Gasteiger partial charge in [0.25, 0.3) is 0 Å². The van der Waals surface area contributed by atoms with Gasteiger partial charge in [-0.25, -0.2) is 13.2 Å². The second-order valence-corrected chi connectivity index (χ2v) is 7.05. The van der Waals surface area contributed by atoms with Crippen molar-refractivity contribution in [3.63, 3.8) is 0 Å². The quantitative estimate of drug-likeness (QED) is 0.574. The first kappa shape index (κ1) is 18.9. The molecule has 0 radical (unpaired) electrons. The number of nitrogens with one attached hydrogen (secondary N) is 1. The molecule has 0 spiro atoms. The highest BCUT2D eigenvalue weighted by molar-refractivity contribution is 7.70. The summed E-state index contributed by atoms with van der Waals surface area (Å²) in [6, 6.07) is 11.1. The van der Waals surface area contributed by atoms with E-state index in [1.807, 2.05) is 0 Å². The number of anilines is 1. The van der Waals surface area contributed by atoms with Crippen LogP contribution in [0.25, 0.3) is 0 Å². The second-order valence-electron chi connectivity index (χ2n) is 6.34. The predicted octanol–water partition coefficient (Wildman–Crippen LogP) is 1.84. The molecule has 2 aromatic carbocycles. The minimum atomic E-state index is -3.10. The Hall–Kier alpha value is -2.91. The third-order valence-corrected chi connectivity index (χ3v) is 4.95. The molecule has 0 aliphatic carbocycles. The van der Waals surface area contributed by atoms with E-state index in [9.17, 15) is 28.2 Å². The molecule has 0 saturated heterocycles. The summed E-state index contributed by atoms with van der Waals surface area (Å²) >= 11 is 0. The van der Waals surface area contributed by atoms with Crippen LogP contribution in [0, 0.1) is 6.92 Å². The van der Waals surface area contributed by atoms with Gasteiger partial charge in [-0.1, -0.05) is 36.4 Å². The van der Waals surface area contributed by atoms with Crippen LogP contribution in [0.4, 0.5) is 5.69 Å². The molecule has 9 heteroatoms. The van der Waals surface area contributed by atoms with E-state index in [0.29, 0.717) is 11.1 Å². The number of benzene rings is 2. The number of aromatic carboxylic acids is 1. The summed E-state index contributed by atoms with van der Waals surface area (Å²) < 4.78 is 22.9. The fraction of sp³-hybridized carbons (Fsp3) is 0.222. The monoisotopic (exact) mass is 390 g/mol. The van der Waals surface area contributed by atoms with Gasteiger partial charge >= 0.3 is 11.9 Å². The van der Waals surface area contributed by atoms with Crippen LogP contribution in [0.5, 0.6) is 0 Å². The third-order valence-electron chi connectivity index (χ3n) is 4.57. The van der Waals surface area contributed by atoms with Crippen molar-refractivity contribution in [3.05, 3.63) is 64.7 Å². The van der Waals surface area contributed by atoms with Gasteiger partial charge in [-0.15, -0.1) is 4.83 Å². The maximum atomic E-state index is 11.9. The number of hydrogen-bond donors (Lipinski definition) is 4. The maximum Gasteiger partial charge on any atom is 0.337 e. The molecular formula is C18H18N2O6S. The highest BCUT2D eigenvalue weighted by Crippen LogP contribution is 2.46. The SMILES string of the molecule is Cc1cc(C(=O)O)c2c(c1)C(C(=O)O)CC(c1ccccc1)N2N[SH](=O)=O. The average molecular weight is 390 g/mol. The summed E-state index contributed by atoms with van der Waals surface area (Å²) in [5.41, 5.74) is 1.44. The lowest BCUT2D eigenvalue weighted by Gasteiger charge is -2.41. The van der Waals surface area contributed by atoms with E-state index in [1.165, 1.54) is 11.1 Å². The number of nitrogens with zero attached hydrogens (tertiary/aromatic N) is 1. The zero-order valence-electron chi connectivity index (χ0n) is 14.3. The van der Waals surface area contributed by atoms with Crippen LogP contribution in [-0.2, 0) is 15.7 Å². The lowest BCUT2D eigenvalue weighted by atomic mass is 9.82. The van der Waals surface area contributed by atoms with Crippen molar-refractivity contribution in [1.82, 2.24) is 4.83 Å². The van der Waals surface area contributed by atoms with Crippen molar-refractivity contribution in [3.8, 4) is 0 Å². The lowest BCUT2D eigenvalue weighted by Crippen LogP contribution is -2.46. The second kappa shape index (κ2) is 7.37. The van der Waals surface area contributed by atoms with Gasteiger partial charge in [0.15, 0.2) is 0 Å². The number of fused-ring (bicyclic) bond motifs is 1. The zero-order chi connectivity index (χ0) is 19.7. The summed E-state index contributed by atoms with van der Waals surface area (Å²) in [5, 5.41) is 20.6. The molecule has 1 aliphatic heterocycles. The Bertz CT molecular complexity index is 965. The number of hydrogen-bond acceptors (Lipinski definition) is 5. The Kier molecular flexibility index (Phi) is 5.15. The van der Waals surface area contributed by atoms with Crippen LogP contribution in [0.2, 0.25) is 0 Å². The number of thiol groups is 1. The third kappa shape index (κ3) is 3.64. The van der Waals surface area contributed by atoms with E-state index in [0.717, 1.165) is 0 Å². The smallest absolute Gasteiger partial charge is 0.337 e. The molecule has 3 N–H and O–H groups in total. The number of rotatable bonds is 5. The molecule has 0 saturated carbocycles. The van der Waals surface area contributed by atoms with E-state index in [4.69, 9.17) is 0 Å². The molecule has 2 unspecified atom stereocenters. The molecule has 1 aliphatic rings. The number of carboxylic acid groups (broad SMARTS) is 2. The zero-order valence-corrected chi connectivity index (χ0v) is 15.2. The van der Waals surface area contributed by atoms with Gasteiger partial charge in [-0.3, -0.25) is 9.80 Å². The highest BCUT2D eigenvalue weighted by Gasteiger charge is 2.40. The highest BCUT2D eigenvalue weighted by atomic mass is 32.2. The van der Waals surface area contributed by atoms with E-state index in [1.54, 1.807) is 43.3 Å². The lowest BCUT2D eigenvalue weighted by molar-refractivity contribution is -0.139. The molecule has 142 valence electrons. The van der Waals surface area contributed by atoms with Crippen molar-refractivity contribution in [2.45, 2.75) is 25.3 Å². The molecule has 0 amide bonds. The van der Waals surface area contributed by atoms with Gasteiger partial charge in [-0.2, -0.15) is 0 Å². The van der Waals surface area contributed by atoms with Gasteiger partial charge in [0.1, 0.15) is 0 Å². The van der Waals surface area contributed by atoms with Gasteiger partial charge in [0.05, 0.1) is 23.2 Å². The first-order valence-electron chi connectivity index (χ1n) is 8.15. The van der Waals surface area contributed by atoms with Crippen LogP contribution in [0.1, 0.15) is 45.4 Å². The molecule has 1 heterocycles. The number of carboxylic acids is 2. The van der Waals surface area contributed by atoms with Crippen LogP contribution in [-0.4, -0.2) is 30.6 Å². The van der Waals surface area contributed by atoms with Crippen LogP contribution in [0.3, 0.4) is 0 Å². The van der Waals surface area contributed by atoms with Gasteiger partial charge in [-0.05, 0) is 36.1 Å². The average Bonchev–Trinajstić information content (AvgIpc) is 2.60.